The topological polar surface area (TPSA) is 85.1 Å². The molecule has 2 rings (SSSR count). The van der Waals surface area contributed by atoms with Crippen molar-refractivity contribution >= 4 is 11.8 Å². The number of carbonyl (C=O) groups is 2. The van der Waals surface area contributed by atoms with Crippen LogP contribution in [-0.2, 0) is 16.0 Å². The first-order chi connectivity index (χ1) is 12.4. The lowest BCUT2D eigenvalue weighted by molar-refractivity contribution is -0.136. The van der Waals surface area contributed by atoms with Gasteiger partial charge in [0.2, 0.25) is 11.8 Å². The summed E-state index contributed by atoms with van der Waals surface area (Å²) in [6.45, 7) is 2.27. The first-order valence-electron chi connectivity index (χ1n) is 8.91. The Morgan fingerprint density at radius 1 is 1.27 bits per heavy atom. The van der Waals surface area contributed by atoms with E-state index in [1.807, 2.05) is 30.1 Å². The molecule has 7 nitrogen and oxygen atoms in total. The highest BCUT2D eigenvalue weighted by atomic mass is 16.5. The number of likely N-dealkylation sites (tertiary alicyclic amines) is 1. The maximum Gasteiger partial charge on any atom is 0.231 e. The number of nitrogens with two attached hydrogens (primary N) is 1. The van der Waals surface area contributed by atoms with Crippen molar-refractivity contribution in [1.82, 2.24) is 9.80 Å². The summed E-state index contributed by atoms with van der Waals surface area (Å²) in [7, 11) is 5.05. The summed E-state index contributed by atoms with van der Waals surface area (Å²) in [4.78, 5) is 27.6. The van der Waals surface area contributed by atoms with Gasteiger partial charge in [0.25, 0.3) is 0 Å². The summed E-state index contributed by atoms with van der Waals surface area (Å²) < 4.78 is 10.6. The second-order valence-corrected chi connectivity index (χ2v) is 6.74. The van der Waals surface area contributed by atoms with Crippen LogP contribution in [0.5, 0.6) is 11.5 Å². The van der Waals surface area contributed by atoms with E-state index in [-0.39, 0.29) is 24.3 Å². The number of hydrogen-bond donors (Lipinski definition) is 1. The van der Waals surface area contributed by atoms with Crippen LogP contribution >= 0.6 is 0 Å². The maximum absolute atomic E-state index is 12.7. The second-order valence-electron chi connectivity index (χ2n) is 6.74. The van der Waals surface area contributed by atoms with Crippen LogP contribution in [-0.4, -0.2) is 69.1 Å². The third-order valence-electron chi connectivity index (χ3n) is 4.79. The number of likely N-dealkylation sites (N-methyl/N-ethyl adjacent to an activating group) is 1. The number of piperidine rings is 1. The standard InChI is InChI=1S/C19H29N3O4/c1-21(10-8-14-6-7-16(25-2)17(11-14)26-3)19(24)15-5-4-9-22(12-15)13-18(20)23/h6-7,11,15H,4-5,8-10,12-13H2,1-3H3,(H2,20,23). The van der Waals surface area contributed by atoms with Crippen molar-refractivity contribution in [2.75, 3.05) is 47.4 Å². The fourth-order valence-electron chi connectivity index (χ4n) is 3.38. The van der Waals surface area contributed by atoms with Gasteiger partial charge in [-0.15, -0.1) is 0 Å². The monoisotopic (exact) mass is 363 g/mol. The van der Waals surface area contributed by atoms with E-state index in [1.165, 1.54) is 0 Å². The molecule has 1 saturated heterocycles. The predicted octanol–water partition coefficient (Wildman–Crippen LogP) is 0.902. The molecule has 0 spiro atoms. The van der Waals surface area contributed by atoms with E-state index in [0.29, 0.717) is 24.6 Å². The summed E-state index contributed by atoms with van der Waals surface area (Å²) in [6, 6.07) is 5.79. The Kier molecular flexibility index (Phi) is 7.26. The normalized spacial score (nSPS) is 17.6. The van der Waals surface area contributed by atoms with Crippen LogP contribution < -0.4 is 15.2 Å². The van der Waals surface area contributed by atoms with Gasteiger partial charge in [0.1, 0.15) is 0 Å². The molecule has 0 bridgehead atoms. The molecule has 1 aliphatic heterocycles. The van der Waals surface area contributed by atoms with Crippen LogP contribution in [0.2, 0.25) is 0 Å². The number of rotatable bonds is 8. The molecule has 7 heteroatoms. The fourth-order valence-corrected chi connectivity index (χ4v) is 3.38. The van der Waals surface area contributed by atoms with Crippen molar-refractivity contribution in [2.24, 2.45) is 11.7 Å². The predicted molar refractivity (Wildman–Crippen MR) is 99.2 cm³/mol. The van der Waals surface area contributed by atoms with E-state index in [0.717, 1.165) is 31.4 Å². The molecule has 1 aromatic carbocycles. The van der Waals surface area contributed by atoms with Gasteiger partial charge < -0.3 is 20.1 Å². The highest BCUT2D eigenvalue weighted by Gasteiger charge is 2.28. The molecule has 26 heavy (non-hydrogen) atoms. The lowest BCUT2D eigenvalue weighted by Gasteiger charge is -2.33. The van der Waals surface area contributed by atoms with Crippen molar-refractivity contribution in [2.45, 2.75) is 19.3 Å². The van der Waals surface area contributed by atoms with Gasteiger partial charge in [0.15, 0.2) is 11.5 Å². The van der Waals surface area contributed by atoms with Gasteiger partial charge in [-0.2, -0.15) is 0 Å². The van der Waals surface area contributed by atoms with E-state index >= 15 is 0 Å². The molecule has 2 N–H and O–H groups in total. The first-order valence-corrected chi connectivity index (χ1v) is 8.91. The number of ether oxygens (including phenoxy) is 2. The molecule has 1 aliphatic rings. The summed E-state index contributed by atoms with van der Waals surface area (Å²) in [6.07, 6.45) is 2.50. The summed E-state index contributed by atoms with van der Waals surface area (Å²) in [5.74, 6) is 1.09. The van der Waals surface area contributed by atoms with E-state index in [4.69, 9.17) is 15.2 Å². The van der Waals surface area contributed by atoms with Gasteiger partial charge >= 0.3 is 0 Å². The highest BCUT2D eigenvalue weighted by molar-refractivity contribution is 5.79. The number of benzene rings is 1. The molecular formula is C19H29N3O4. The SMILES string of the molecule is COc1ccc(CCN(C)C(=O)C2CCCN(CC(N)=O)C2)cc1OC. The lowest BCUT2D eigenvalue weighted by atomic mass is 9.96. The summed E-state index contributed by atoms with van der Waals surface area (Å²) in [5, 5.41) is 0. The van der Waals surface area contributed by atoms with Gasteiger partial charge in [-0.3, -0.25) is 14.5 Å². The Bertz CT molecular complexity index is 635. The van der Waals surface area contributed by atoms with E-state index in [1.54, 1.807) is 19.1 Å². The lowest BCUT2D eigenvalue weighted by Crippen LogP contribution is -2.46. The Balaban J connectivity index is 1.89. The van der Waals surface area contributed by atoms with Crippen molar-refractivity contribution in [3.63, 3.8) is 0 Å². The number of carbonyl (C=O) groups excluding carboxylic acids is 2. The molecule has 0 saturated carbocycles. The van der Waals surface area contributed by atoms with Crippen LogP contribution in [0, 0.1) is 5.92 Å². The van der Waals surface area contributed by atoms with Crippen LogP contribution in [0.15, 0.2) is 18.2 Å². The van der Waals surface area contributed by atoms with Crippen molar-refractivity contribution < 1.29 is 19.1 Å². The smallest absolute Gasteiger partial charge is 0.231 e. The van der Waals surface area contributed by atoms with Crippen LogP contribution in [0.25, 0.3) is 0 Å². The number of nitrogens with zero attached hydrogens (tertiary/aromatic N) is 2. The Morgan fingerprint density at radius 2 is 2.00 bits per heavy atom. The molecule has 0 aliphatic carbocycles. The quantitative estimate of drug-likeness (QED) is 0.742. The van der Waals surface area contributed by atoms with Gasteiger partial charge in [-0.05, 0) is 43.5 Å². The third-order valence-corrected chi connectivity index (χ3v) is 4.79. The Hall–Kier alpha value is -2.28. The van der Waals surface area contributed by atoms with Crippen molar-refractivity contribution in [3.05, 3.63) is 23.8 Å². The fraction of sp³-hybridized carbons (Fsp3) is 0.579. The third kappa shape index (κ3) is 5.36. The molecular weight excluding hydrogens is 334 g/mol. The minimum absolute atomic E-state index is 0.0708. The molecule has 1 heterocycles. The van der Waals surface area contributed by atoms with Crippen molar-refractivity contribution in [1.29, 1.82) is 0 Å². The average Bonchev–Trinajstić information content (AvgIpc) is 2.64. The zero-order valence-electron chi connectivity index (χ0n) is 15.9. The molecule has 1 aromatic rings. The second kappa shape index (κ2) is 9.43. The van der Waals surface area contributed by atoms with Gasteiger partial charge in [-0.25, -0.2) is 0 Å². The van der Waals surface area contributed by atoms with Gasteiger partial charge in [0, 0.05) is 20.1 Å². The number of primary amides is 1. The maximum atomic E-state index is 12.7. The zero-order valence-corrected chi connectivity index (χ0v) is 15.9. The van der Waals surface area contributed by atoms with Crippen molar-refractivity contribution in [3.8, 4) is 11.5 Å². The van der Waals surface area contributed by atoms with Crippen LogP contribution in [0.1, 0.15) is 18.4 Å². The molecule has 0 aromatic heterocycles. The molecule has 1 unspecified atom stereocenters. The van der Waals surface area contributed by atoms with Crippen LogP contribution in [0.3, 0.4) is 0 Å². The van der Waals surface area contributed by atoms with E-state index in [2.05, 4.69) is 0 Å². The summed E-state index contributed by atoms with van der Waals surface area (Å²) >= 11 is 0. The van der Waals surface area contributed by atoms with E-state index < -0.39 is 0 Å². The van der Waals surface area contributed by atoms with E-state index in [9.17, 15) is 9.59 Å². The molecule has 2 amide bonds. The first kappa shape index (κ1) is 20.0. The van der Waals surface area contributed by atoms with Gasteiger partial charge in [0.05, 0.1) is 26.7 Å². The van der Waals surface area contributed by atoms with Crippen LogP contribution in [0.4, 0.5) is 0 Å². The summed E-state index contributed by atoms with van der Waals surface area (Å²) in [5.41, 5.74) is 6.35. The average molecular weight is 363 g/mol. The number of hydrogen-bond acceptors (Lipinski definition) is 5. The molecule has 1 atom stereocenters. The molecule has 1 fully saturated rings. The highest BCUT2D eigenvalue weighted by Crippen LogP contribution is 2.27. The Morgan fingerprint density at radius 3 is 2.65 bits per heavy atom. The molecule has 0 radical (unpaired) electrons. The largest absolute Gasteiger partial charge is 0.493 e. The van der Waals surface area contributed by atoms with Gasteiger partial charge in [-0.1, -0.05) is 6.07 Å². The number of methoxy groups -OCH3 is 2. The minimum Gasteiger partial charge on any atom is -0.493 e. The zero-order chi connectivity index (χ0) is 19.1. The molecule has 144 valence electrons. The minimum atomic E-state index is -0.347. The Labute approximate surface area is 155 Å². The number of amides is 2.